The van der Waals surface area contributed by atoms with Crippen molar-refractivity contribution < 1.29 is 4.79 Å². The first-order valence-corrected chi connectivity index (χ1v) is 6.90. The smallest absolute Gasteiger partial charge is 0.255 e. The highest BCUT2D eigenvalue weighted by Gasteiger charge is 2.22. The molecule has 0 aliphatic carbocycles. The van der Waals surface area contributed by atoms with Gasteiger partial charge >= 0.3 is 0 Å². The molecule has 5 nitrogen and oxygen atoms in total. The predicted octanol–water partition coefficient (Wildman–Crippen LogP) is 0.170. The number of rotatable bonds is 2. The van der Waals surface area contributed by atoms with Crippen molar-refractivity contribution in [2.45, 2.75) is 6.92 Å². The van der Waals surface area contributed by atoms with Crippen LogP contribution < -0.4 is 5.73 Å². The van der Waals surface area contributed by atoms with Crippen molar-refractivity contribution in [1.82, 2.24) is 14.8 Å². The molecule has 1 saturated heterocycles. The minimum atomic E-state index is 0.0319. The van der Waals surface area contributed by atoms with Crippen molar-refractivity contribution >= 4 is 5.91 Å². The minimum Gasteiger partial charge on any atom is -0.336 e. The molecule has 0 saturated carbocycles. The number of hydrogen-bond acceptors (Lipinski definition) is 4. The largest absolute Gasteiger partial charge is 0.336 e. The number of piperazine rings is 1. The number of hydrogen-bond donors (Lipinski definition) is 1. The van der Waals surface area contributed by atoms with Crippen molar-refractivity contribution in [2.24, 2.45) is 5.73 Å². The van der Waals surface area contributed by atoms with Gasteiger partial charge in [-0.2, -0.15) is 0 Å². The van der Waals surface area contributed by atoms with Crippen LogP contribution in [0.15, 0.2) is 18.5 Å². The normalized spacial score (nSPS) is 15.6. The second kappa shape index (κ2) is 7.04. The highest BCUT2D eigenvalue weighted by molar-refractivity contribution is 5.96. The Hall–Kier alpha value is -1.90. The van der Waals surface area contributed by atoms with E-state index in [1.807, 2.05) is 4.90 Å². The first-order valence-electron chi connectivity index (χ1n) is 6.90. The summed E-state index contributed by atoms with van der Waals surface area (Å²) in [4.78, 5) is 20.8. The Morgan fingerprint density at radius 2 is 2.15 bits per heavy atom. The van der Waals surface area contributed by atoms with Crippen LogP contribution in [0.5, 0.6) is 0 Å². The number of likely N-dealkylation sites (N-methyl/N-ethyl adjacent to an activating group) is 1. The molecule has 1 aliphatic heterocycles. The molecule has 0 aromatic carbocycles. The summed E-state index contributed by atoms with van der Waals surface area (Å²) >= 11 is 0. The summed E-state index contributed by atoms with van der Waals surface area (Å²) in [6.45, 7) is 6.83. The molecule has 20 heavy (non-hydrogen) atoms. The van der Waals surface area contributed by atoms with E-state index in [1.165, 1.54) is 0 Å². The number of nitrogens with zero attached hydrogens (tertiary/aromatic N) is 3. The molecule has 0 atom stereocenters. The molecule has 1 aromatic rings. The zero-order valence-corrected chi connectivity index (χ0v) is 11.8. The molecule has 1 fully saturated rings. The fraction of sp³-hybridized carbons (Fsp3) is 0.467. The molecule has 5 heteroatoms. The summed E-state index contributed by atoms with van der Waals surface area (Å²) in [7, 11) is 0. The van der Waals surface area contributed by atoms with E-state index < -0.39 is 0 Å². The molecule has 106 valence electrons. The van der Waals surface area contributed by atoms with Gasteiger partial charge in [-0.05, 0) is 12.6 Å². The molecule has 2 rings (SSSR count). The van der Waals surface area contributed by atoms with Crippen LogP contribution in [-0.4, -0.2) is 60.0 Å². The van der Waals surface area contributed by atoms with Gasteiger partial charge in [0.2, 0.25) is 0 Å². The third-order valence-electron chi connectivity index (χ3n) is 3.48. The summed E-state index contributed by atoms with van der Waals surface area (Å²) in [6.07, 6.45) is 3.25. The SMILES string of the molecule is CCN1CCN(C(=O)c2ccncc2C#CCN)CC1. The third kappa shape index (κ3) is 3.35. The van der Waals surface area contributed by atoms with Gasteiger partial charge in [0, 0.05) is 38.6 Å². The topological polar surface area (TPSA) is 62.5 Å². The molecule has 1 aromatic heterocycles. The Bertz CT molecular complexity index is 524. The predicted molar refractivity (Wildman–Crippen MR) is 78.2 cm³/mol. The summed E-state index contributed by atoms with van der Waals surface area (Å²) in [5, 5.41) is 0. The highest BCUT2D eigenvalue weighted by atomic mass is 16.2. The molecule has 1 amide bonds. The maximum Gasteiger partial charge on any atom is 0.255 e. The van der Waals surface area contributed by atoms with Gasteiger partial charge in [0.25, 0.3) is 5.91 Å². The zero-order valence-electron chi connectivity index (χ0n) is 11.8. The van der Waals surface area contributed by atoms with Crippen LogP contribution in [-0.2, 0) is 0 Å². The first kappa shape index (κ1) is 14.5. The molecular weight excluding hydrogens is 252 g/mol. The lowest BCUT2D eigenvalue weighted by molar-refractivity contribution is 0.0643. The van der Waals surface area contributed by atoms with Gasteiger partial charge in [-0.15, -0.1) is 0 Å². The van der Waals surface area contributed by atoms with E-state index in [4.69, 9.17) is 5.73 Å². The third-order valence-corrected chi connectivity index (χ3v) is 3.48. The standard InChI is InChI=1S/C15H20N4O/c1-2-18-8-10-19(11-9-18)15(20)14-5-7-17-12-13(14)4-3-6-16/h5,7,12H,2,6,8-11,16H2,1H3. The Balaban J connectivity index is 2.13. The molecule has 0 unspecified atom stereocenters. The lowest BCUT2D eigenvalue weighted by atomic mass is 10.1. The van der Waals surface area contributed by atoms with Crippen LogP contribution in [0.25, 0.3) is 0 Å². The van der Waals surface area contributed by atoms with E-state index >= 15 is 0 Å². The van der Waals surface area contributed by atoms with Crippen LogP contribution in [0.1, 0.15) is 22.8 Å². The number of carbonyl (C=O) groups is 1. The van der Waals surface area contributed by atoms with Crippen LogP contribution in [0.3, 0.4) is 0 Å². The van der Waals surface area contributed by atoms with E-state index in [1.54, 1.807) is 18.5 Å². The molecular formula is C15H20N4O. The van der Waals surface area contributed by atoms with Gasteiger partial charge in [0.1, 0.15) is 0 Å². The summed E-state index contributed by atoms with van der Waals surface area (Å²) < 4.78 is 0. The van der Waals surface area contributed by atoms with Gasteiger partial charge in [-0.1, -0.05) is 18.8 Å². The van der Waals surface area contributed by atoms with Crippen molar-refractivity contribution in [2.75, 3.05) is 39.3 Å². The van der Waals surface area contributed by atoms with E-state index in [9.17, 15) is 4.79 Å². The average Bonchev–Trinajstić information content (AvgIpc) is 2.52. The Morgan fingerprint density at radius 3 is 2.80 bits per heavy atom. The Kier molecular flexibility index (Phi) is 5.10. The summed E-state index contributed by atoms with van der Waals surface area (Å²) in [5.74, 6) is 5.73. The number of amides is 1. The van der Waals surface area contributed by atoms with Gasteiger partial charge in [0.15, 0.2) is 0 Å². The fourth-order valence-electron chi connectivity index (χ4n) is 2.26. The lowest BCUT2D eigenvalue weighted by Gasteiger charge is -2.34. The van der Waals surface area contributed by atoms with Crippen LogP contribution in [0.4, 0.5) is 0 Å². The number of nitrogens with two attached hydrogens (primary N) is 1. The lowest BCUT2D eigenvalue weighted by Crippen LogP contribution is -2.48. The number of pyridine rings is 1. The van der Waals surface area contributed by atoms with Crippen molar-refractivity contribution in [3.05, 3.63) is 29.6 Å². The highest BCUT2D eigenvalue weighted by Crippen LogP contribution is 2.12. The van der Waals surface area contributed by atoms with Gasteiger partial charge in [-0.25, -0.2) is 0 Å². The Morgan fingerprint density at radius 1 is 1.40 bits per heavy atom. The molecule has 0 radical (unpaired) electrons. The number of carbonyl (C=O) groups excluding carboxylic acids is 1. The van der Waals surface area contributed by atoms with E-state index in [0.717, 1.165) is 32.7 Å². The van der Waals surface area contributed by atoms with E-state index in [0.29, 0.717) is 11.1 Å². The zero-order chi connectivity index (χ0) is 14.4. The van der Waals surface area contributed by atoms with Crippen molar-refractivity contribution in [1.29, 1.82) is 0 Å². The van der Waals surface area contributed by atoms with Crippen LogP contribution >= 0.6 is 0 Å². The monoisotopic (exact) mass is 272 g/mol. The van der Waals surface area contributed by atoms with E-state index in [-0.39, 0.29) is 12.5 Å². The number of aromatic nitrogens is 1. The minimum absolute atomic E-state index is 0.0319. The molecule has 0 bridgehead atoms. The Labute approximate surface area is 119 Å². The van der Waals surface area contributed by atoms with Crippen molar-refractivity contribution in [3.63, 3.8) is 0 Å². The van der Waals surface area contributed by atoms with Gasteiger partial charge < -0.3 is 15.5 Å². The average molecular weight is 272 g/mol. The molecule has 0 spiro atoms. The second-order valence-corrected chi connectivity index (χ2v) is 4.65. The van der Waals surface area contributed by atoms with Crippen molar-refractivity contribution in [3.8, 4) is 11.8 Å². The second-order valence-electron chi connectivity index (χ2n) is 4.65. The summed E-state index contributed by atoms with van der Waals surface area (Å²) in [6, 6.07) is 1.73. The summed E-state index contributed by atoms with van der Waals surface area (Å²) in [5.41, 5.74) is 6.65. The quantitative estimate of drug-likeness (QED) is 0.780. The maximum atomic E-state index is 12.6. The maximum absolute atomic E-state index is 12.6. The molecule has 2 heterocycles. The first-order chi connectivity index (χ1) is 9.76. The van der Waals surface area contributed by atoms with Gasteiger partial charge in [0.05, 0.1) is 17.7 Å². The molecule has 2 N–H and O–H groups in total. The van der Waals surface area contributed by atoms with Crippen LogP contribution in [0, 0.1) is 11.8 Å². The van der Waals surface area contributed by atoms with Gasteiger partial charge in [-0.3, -0.25) is 9.78 Å². The molecule has 1 aliphatic rings. The fourth-order valence-corrected chi connectivity index (χ4v) is 2.26. The van der Waals surface area contributed by atoms with Crippen LogP contribution in [0.2, 0.25) is 0 Å². The van der Waals surface area contributed by atoms with E-state index in [2.05, 4.69) is 28.6 Å².